The molecule has 2 aromatic rings. The maximum Gasteiger partial charge on any atom is 0.143 e. The highest BCUT2D eigenvalue weighted by atomic mass is 16.1. The first-order valence-electron chi connectivity index (χ1n) is 6.56. The maximum atomic E-state index is 12.2. The molecule has 1 aromatic heterocycles. The number of hydrogen-bond donors (Lipinski definition) is 0. The Bertz CT molecular complexity index is 604. The number of carbonyl (C=O) groups is 1. The Hall–Kier alpha value is -2.04. The number of Topliss-reactive ketones (excluding diaryl/α,β-unsaturated/α-hetero) is 1. The van der Waals surface area contributed by atoms with Crippen molar-refractivity contribution >= 4 is 5.78 Å². The maximum absolute atomic E-state index is 12.2. The second-order valence-corrected chi connectivity index (χ2v) is 5.29. The molecule has 0 amide bonds. The number of benzene rings is 1. The third-order valence-corrected chi connectivity index (χ3v) is 3.73. The van der Waals surface area contributed by atoms with Crippen LogP contribution in [0.25, 0.3) is 5.69 Å². The van der Waals surface area contributed by atoms with Crippen molar-refractivity contribution in [2.24, 2.45) is 5.92 Å². The van der Waals surface area contributed by atoms with Crippen LogP contribution < -0.4 is 0 Å². The minimum absolute atomic E-state index is 0.0675. The van der Waals surface area contributed by atoms with Crippen molar-refractivity contribution in [1.29, 1.82) is 0 Å². The summed E-state index contributed by atoms with van der Waals surface area (Å²) >= 11 is 0. The highest BCUT2D eigenvalue weighted by molar-refractivity contribution is 5.88. The van der Waals surface area contributed by atoms with Crippen LogP contribution >= 0.6 is 0 Å². The first-order valence-corrected chi connectivity index (χ1v) is 6.56. The normalized spacial score (nSPS) is 17.7. The van der Waals surface area contributed by atoms with E-state index in [0.717, 1.165) is 18.5 Å². The Morgan fingerprint density at radius 2 is 2.26 bits per heavy atom. The number of ketones is 1. The number of aryl methyl sites for hydroxylation is 1. The fourth-order valence-corrected chi connectivity index (χ4v) is 2.72. The van der Waals surface area contributed by atoms with E-state index >= 15 is 0 Å². The lowest BCUT2D eigenvalue weighted by molar-refractivity contribution is -0.123. The fourth-order valence-electron chi connectivity index (χ4n) is 2.72. The van der Waals surface area contributed by atoms with E-state index in [0.29, 0.717) is 5.78 Å². The third kappa shape index (κ3) is 2.05. The average molecular weight is 256 g/mol. The van der Waals surface area contributed by atoms with Gasteiger partial charge in [-0.05, 0) is 46.5 Å². The van der Waals surface area contributed by atoms with Gasteiger partial charge in [0.05, 0.1) is 5.69 Å². The lowest BCUT2D eigenvalue weighted by atomic mass is 9.90. The molecule has 0 saturated heterocycles. The van der Waals surface area contributed by atoms with Gasteiger partial charge in [-0.15, -0.1) is 5.10 Å². The zero-order valence-electron chi connectivity index (χ0n) is 11.1. The largest absolute Gasteiger partial charge is 0.299 e. The number of rotatable bonds is 3. The zero-order chi connectivity index (χ0) is 13.4. The van der Waals surface area contributed by atoms with Gasteiger partial charge < -0.3 is 0 Å². The van der Waals surface area contributed by atoms with Gasteiger partial charge in [0, 0.05) is 11.8 Å². The second kappa shape index (κ2) is 4.57. The van der Waals surface area contributed by atoms with Crippen molar-refractivity contribution in [3.63, 3.8) is 0 Å². The van der Waals surface area contributed by atoms with Crippen LogP contribution in [0.2, 0.25) is 0 Å². The molecule has 1 aromatic carbocycles. The van der Waals surface area contributed by atoms with Crippen LogP contribution in [0.1, 0.15) is 37.3 Å². The number of tetrazole rings is 1. The molecule has 5 nitrogen and oxygen atoms in total. The van der Waals surface area contributed by atoms with Crippen LogP contribution in [0.15, 0.2) is 24.5 Å². The van der Waals surface area contributed by atoms with Gasteiger partial charge in [0.2, 0.25) is 0 Å². The number of aromatic nitrogens is 4. The second-order valence-electron chi connectivity index (χ2n) is 5.29. The summed E-state index contributed by atoms with van der Waals surface area (Å²) in [6.45, 7) is 3.94. The SMILES string of the molecule is CC(C)C(=O)C1CCc2cc(-n3cnnn3)ccc21. The van der Waals surface area contributed by atoms with Crippen molar-refractivity contribution in [2.75, 3.05) is 0 Å². The third-order valence-electron chi connectivity index (χ3n) is 3.73. The highest BCUT2D eigenvalue weighted by Crippen LogP contribution is 2.36. The molecule has 0 spiro atoms. The van der Waals surface area contributed by atoms with E-state index in [9.17, 15) is 4.79 Å². The summed E-state index contributed by atoms with van der Waals surface area (Å²) in [7, 11) is 0. The number of nitrogens with zero attached hydrogens (tertiary/aromatic N) is 4. The summed E-state index contributed by atoms with van der Waals surface area (Å²) in [6, 6.07) is 6.10. The van der Waals surface area contributed by atoms with E-state index in [2.05, 4.69) is 21.6 Å². The van der Waals surface area contributed by atoms with Crippen molar-refractivity contribution in [2.45, 2.75) is 32.6 Å². The predicted molar refractivity (Wildman–Crippen MR) is 70.1 cm³/mol. The fraction of sp³-hybridized carbons (Fsp3) is 0.429. The molecular formula is C14H16N4O. The summed E-state index contributed by atoms with van der Waals surface area (Å²) in [6.07, 6.45) is 3.45. The quantitative estimate of drug-likeness (QED) is 0.841. The van der Waals surface area contributed by atoms with Gasteiger partial charge in [0.25, 0.3) is 0 Å². The summed E-state index contributed by atoms with van der Waals surface area (Å²) in [4.78, 5) is 12.2. The van der Waals surface area contributed by atoms with Gasteiger partial charge >= 0.3 is 0 Å². The topological polar surface area (TPSA) is 60.7 Å². The van der Waals surface area contributed by atoms with Crippen LogP contribution in [-0.4, -0.2) is 26.0 Å². The van der Waals surface area contributed by atoms with Crippen molar-refractivity contribution in [1.82, 2.24) is 20.2 Å². The first kappa shape index (κ1) is 12.0. The molecule has 0 N–H and O–H groups in total. The molecule has 0 fully saturated rings. The predicted octanol–water partition coefficient (Wildman–Crippen LogP) is 1.92. The van der Waals surface area contributed by atoms with E-state index in [1.165, 1.54) is 11.1 Å². The van der Waals surface area contributed by atoms with Crippen molar-refractivity contribution < 1.29 is 4.79 Å². The van der Waals surface area contributed by atoms with Crippen molar-refractivity contribution in [3.8, 4) is 5.69 Å². The van der Waals surface area contributed by atoms with Gasteiger partial charge in [-0.1, -0.05) is 19.9 Å². The molecule has 1 unspecified atom stereocenters. The van der Waals surface area contributed by atoms with Crippen LogP contribution in [0, 0.1) is 5.92 Å². The Morgan fingerprint density at radius 1 is 1.42 bits per heavy atom. The van der Waals surface area contributed by atoms with Crippen LogP contribution in [0.5, 0.6) is 0 Å². The number of carbonyl (C=O) groups excluding carboxylic acids is 1. The molecule has 5 heteroatoms. The summed E-state index contributed by atoms with van der Waals surface area (Å²) < 4.78 is 1.64. The van der Waals surface area contributed by atoms with E-state index in [4.69, 9.17) is 0 Å². The molecular weight excluding hydrogens is 240 g/mol. The Morgan fingerprint density at radius 3 is 2.95 bits per heavy atom. The summed E-state index contributed by atoms with van der Waals surface area (Å²) in [5.74, 6) is 0.502. The lowest BCUT2D eigenvalue weighted by Gasteiger charge is -2.13. The van der Waals surface area contributed by atoms with Gasteiger partial charge in [-0.3, -0.25) is 4.79 Å². The van der Waals surface area contributed by atoms with Gasteiger partial charge in [-0.25, -0.2) is 4.68 Å². The van der Waals surface area contributed by atoms with E-state index in [1.807, 2.05) is 26.0 Å². The summed E-state index contributed by atoms with van der Waals surface area (Å²) in [5.41, 5.74) is 3.36. The molecule has 1 atom stereocenters. The van der Waals surface area contributed by atoms with Crippen molar-refractivity contribution in [3.05, 3.63) is 35.7 Å². The first-order chi connectivity index (χ1) is 9.16. The number of fused-ring (bicyclic) bond motifs is 1. The highest BCUT2D eigenvalue weighted by Gasteiger charge is 2.29. The van der Waals surface area contributed by atoms with Crippen LogP contribution in [0.3, 0.4) is 0 Å². The zero-order valence-corrected chi connectivity index (χ0v) is 11.1. The molecule has 3 rings (SSSR count). The van der Waals surface area contributed by atoms with Gasteiger partial charge in [-0.2, -0.15) is 0 Å². The van der Waals surface area contributed by atoms with E-state index < -0.39 is 0 Å². The van der Waals surface area contributed by atoms with Crippen LogP contribution in [-0.2, 0) is 11.2 Å². The van der Waals surface area contributed by atoms with Gasteiger partial charge in [0.15, 0.2) is 0 Å². The Kier molecular flexibility index (Phi) is 2.89. The molecule has 0 aliphatic heterocycles. The van der Waals surface area contributed by atoms with Gasteiger partial charge in [0.1, 0.15) is 12.1 Å². The molecule has 98 valence electrons. The molecule has 19 heavy (non-hydrogen) atoms. The minimum atomic E-state index is 0.0675. The molecule has 0 saturated carbocycles. The number of hydrogen-bond acceptors (Lipinski definition) is 4. The molecule has 1 aliphatic rings. The lowest BCUT2D eigenvalue weighted by Crippen LogP contribution is -2.15. The monoisotopic (exact) mass is 256 g/mol. The smallest absolute Gasteiger partial charge is 0.143 e. The summed E-state index contributed by atoms with van der Waals surface area (Å²) in [5, 5.41) is 11.2. The average Bonchev–Trinajstić information content (AvgIpc) is 3.06. The Labute approximate surface area is 111 Å². The molecule has 1 heterocycles. The molecule has 0 bridgehead atoms. The molecule has 1 aliphatic carbocycles. The van der Waals surface area contributed by atoms with E-state index in [1.54, 1.807) is 11.0 Å². The minimum Gasteiger partial charge on any atom is -0.299 e. The van der Waals surface area contributed by atoms with Crippen LogP contribution in [0.4, 0.5) is 0 Å². The molecule has 0 radical (unpaired) electrons. The standard InChI is InChI=1S/C14H16N4O/c1-9(2)14(19)13-5-3-10-7-11(4-6-12(10)13)18-8-15-16-17-18/h4,6-9,13H,3,5H2,1-2H3. The van der Waals surface area contributed by atoms with E-state index in [-0.39, 0.29) is 11.8 Å². The Balaban J connectivity index is 1.95.